The van der Waals surface area contributed by atoms with E-state index in [1.165, 1.54) is 76.2 Å². The predicted octanol–water partition coefficient (Wildman–Crippen LogP) is 5.36. The Morgan fingerprint density at radius 1 is 0.966 bits per heavy atom. The summed E-state index contributed by atoms with van der Waals surface area (Å²) in [5.74, 6) is 3.51. The van der Waals surface area contributed by atoms with Crippen LogP contribution in [-0.2, 0) is 5.41 Å². The third kappa shape index (κ3) is 2.91. The Labute approximate surface area is 175 Å². The van der Waals surface area contributed by atoms with Crippen molar-refractivity contribution in [2.75, 3.05) is 19.7 Å². The SMILES string of the molecule is O=C1c2ccc(OCC3CCC3)cc2[C@@]23CCCC[C@H]2[C@H]1N(CC1CCC1)CC3. The summed E-state index contributed by atoms with van der Waals surface area (Å²) in [6.07, 6.45) is 14.4. The fourth-order valence-corrected chi connectivity index (χ4v) is 7.08. The fraction of sp³-hybridized carbons (Fsp3) is 0.731. The number of piperidine rings is 1. The Balaban J connectivity index is 1.33. The Morgan fingerprint density at radius 2 is 1.79 bits per heavy atom. The predicted molar refractivity (Wildman–Crippen MR) is 115 cm³/mol. The molecule has 3 heteroatoms. The number of likely N-dealkylation sites (tertiary alicyclic amines) is 1. The normalized spacial score (nSPS) is 34.7. The lowest BCUT2D eigenvalue weighted by molar-refractivity contribution is -0.0135. The number of rotatable bonds is 5. The van der Waals surface area contributed by atoms with Crippen LogP contribution < -0.4 is 4.74 Å². The molecule has 4 fully saturated rings. The number of ether oxygens (including phenoxy) is 1. The zero-order valence-electron chi connectivity index (χ0n) is 17.7. The van der Waals surface area contributed by atoms with Gasteiger partial charge < -0.3 is 4.74 Å². The van der Waals surface area contributed by atoms with Crippen LogP contribution in [0, 0.1) is 17.8 Å². The standard InChI is InChI=1S/C26H35NO2/c28-25-21-11-10-20(29-17-19-7-4-8-19)15-23(21)26-12-2-1-9-22(26)24(25)27(14-13-26)16-18-5-3-6-18/h10-11,15,18-19,22,24H,1-9,12-14,16-17H2/t22-,24+,26+/m0/s1. The van der Waals surface area contributed by atoms with E-state index in [1.807, 2.05) is 0 Å². The Bertz CT molecular complexity index is 796. The van der Waals surface area contributed by atoms with E-state index in [0.717, 1.165) is 42.8 Å². The van der Waals surface area contributed by atoms with Crippen molar-refractivity contribution >= 4 is 5.78 Å². The maximum atomic E-state index is 13.7. The molecule has 0 N–H and O–H groups in total. The Kier molecular flexibility index (Phi) is 4.52. The van der Waals surface area contributed by atoms with Crippen molar-refractivity contribution in [3.8, 4) is 5.75 Å². The van der Waals surface area contributed by atoms with Crippen LogP contribution in [0.1, 0.15) is 86.6 Å². The van der Waals surface area contributed by atoms with E-state index in [0.29, 0.717) is 11.7 Å². The first-order valence-electron chi connectivity index (χ1n) is 12.3. The lowest BCUT2D eigenvalue weighted by Gasteiger charge is -2.58. The summed E-state index contributed by atoms with van der Waals surface area (Å²) < 4.78 is 6.20. The molecular formula is C26H35NO2. The first kappa shape index (κ1) is 18.4. The third-order valence-corrected chi connectivity index (χ3v) is 9.21. The average molecular weight is 394 g/mol. The first-order chi connectivity index (χ1) is 14.2. The van der Waals surface area contributed by atoms with Gasteiger partial charge in [0.15, 0.2) is 5.78 Å². The number of carbonyl (C=O) groups excluding carboxylic acids is 1. The minimum absolute atomic E-state index is 0.138. The van der Waals surface area contributed by atoms with E-state index >= 15 is 0 Å². The molecular weight excluding hydrogens is 358 g/mol. The summed E-state index contributed by atoms with van der Waals surface area (Å²) in [6.45, 7) is 3.11. The van der Waals surface area contributed by atoms with Gasteiger partial charge in [-0.15, -0.1) is 0 Å². The number of hydrogen-bond acceptors (Lipinski definition) is 3. The molecule has 1 aromatic rings. The van der Waals surface area contributed by atoms with Gasteiger partial charge in [0.2, 0.25) is 0 Å². The number of Topliss-reactive ketones (excluding diaryl/α,β-unsaturated/α-hetero) is 1. The minimum Gasteiger partial charge on any atom is -0.493 e. The summed E-state index contributed by atoms with van der Waals surface area (Å²) in [4.78, 5) is 16.3. The molecule has 5 aliphatic rings. The van der Waals surface area contributed by atoms with E-state index in [-0.39, 0.29) is 11.5 Å². The van der Waals surface area contributed by atoms with E-state index in [1.54, 1.807) is 0 Å². The molecule has 1 heterocycles. The second-order valence-corrected chi connectivity index (χ2v) is 10.7. The van der Waals surface area contributed by atoms with Gasteiger partial charge in [-0.25, -0.2) is 0 Å². The van der Waals surface area contributed by atoms with Crippen LogP contribution in [0.5, 0.6) is 5.75 Å². The monoisotopic (exact) mass is 393 g/mol. The lowest BCUT2D eigenvalue weighted by atomic mass is 9.52. The molecule has 0 unspecified atom stereocenters. The van der Waals surface area contributed by atoms with Gasteiger partial charge in [-0.1, -0.05) is 25.7 Å². The zero-order chi connectivity index (χ0) is 19.4. The quantitative estimate of drug-likeness (QED) is 0.674. The molecule has 4 aliphatic carbocycles. The van der Waals surface area contributed by atoms with Gasteiger partial charge in [-0.2, -0.15) is 0 Å². The van der Waals surface area contributed by atoms with Crippen molar-refractivity contribution in [2.45, 2.75) is 82.1 Å². The summed E-state index contributed by atoms with van der Waals surface area (Å²) in [7, 11) is 0. The molecule has 156 valence electrons. The van der Waals surface area contributed by atoms with Crippen LogP contribution in [-0.4, -0.2) is 36.4 Å². The first-order valence-corrected chi connectivity index (χ1v) is 12.3. The highest BCUT2D eigenvalue weighted by Crippen LogP contribution is 2.56. The van der Waals surface area contributed by atoms with Gasteiger partial charge in [0, 0.05) is 17.5 Å². The van der Waals surface area contributed by atoms with Crippen molar-refractivity contribution in [1.29, 1.82) is 0 Å². The van der Waals surface area contributed by atoms with Crippen LogP contribution in [0.25, 0.3) is 0 Å². The molecule has 3 atom stereocenters. The smallest absolute Gasteiger partial charge is 0.180 e. The fourth-order valence-electron chi connectivity index (χ4n) is 7.08. The summed E-state index contributed by atoms with van der Waals surface area (Å²) >= 11 is 0. The van der Waals surface area contributed by atoms with Gasteiger partial charge in [0.05, 0.1) is 12.6 Å². The number of carbonyl (C=O) groups is 1. The third-order valence-electron chi connectivity index (χ3n) is 9.21. The molecule has 0 aromatic heterocycles. The number of benzene rings is 1. The Hall–Kier alpha value is -1.35. The molecule has 2 bridgehead atoms. The maximum absolute atomic E-state index is 13.7. The molecule has 3 saturated carbocycles. The maximum Gasteiger partial charge on any atom is 0.180 e. The van der Waals surface area contributed by atoms with Gasteiger partial charge in [0.1, 0.15) is 5.75 Å². The van der Waals surface area contributed by atoms with E-state index in [9.17, 15) is 4.79 Å². The number of ketones is 1. The van der Waals surface area contributed by atoms with Crippen molar-refractivity contribution in [1.82, 2.24) is 4.90 Å². The average Bonchev–Trinajstić information content (AvgIpc) is 2.68. The highest BCUT2D eigenvalue weighted by Gasteiger charge is 2.57. The van der Waals surface area contributed by atoms with Crippen molar-refractivity contribution in [2.24, 2.45) is 17.8 Å². The molecule has 1 aliphatic heterocycles. The van der Waals surface area contributed by atoms with E-state index < -0.39 is 0 Å². The van der Waals surface area contributed by atoms with Gasteiger partial charge >= 0.3 is 0 Å². The Morgan fingerprint density at radius 3 is 2.55 bits per heavy atom. The number of nitrogens with zero attached hydrogens (tertiary/aromatic N) is 1. The van der Waals surface area contributed by atoms with E-state index in [2.05, 4.69) is 23.1 Å². The van der Waals surface area contributed by atoms with Crippen LogP contribution in [0.15, 0.2) is 18.2 Å². The van der Waals surface area contributed by atoms with Crippen LogP contribution in [0.4, 0.5) is 0 Å². The molecule has 3 nitrogen and oxygen atoms in total. The van der Waals surface area contributed by atoms with Crippen molar-refractivity contribution in [3.63, 3.8) is 0 Å². The highest BCUT2D eigenvalue weighted by molar-refractivity contribution is 6.04. The van der Waals surface area contributed by atoms with Gasteiger partial charge in [-0.3, -0.25) is 9.69 Å². The number of fused-ring (bicyclic) bond motifs is 1. The summed E-state index contributed by atoms with van der Waals surface area (Å²) in [5.41, 5.74) is 2.58. The molecule has 1 aromatic carbocycles. The summed E-state index contributed by atoms with van der Waals surface area (Å²) in [5, 5.41) is 0. The molecule has 0 amide bonds. The minimum atomic E-state index is 0.138. The molecule has 0 spiro atoms. The molecule has 0 radical (unpaired) electrons. The lowest BCUT2D eigenvalue weighted by Crippen LogP contribution is -2.64. The number of hydrogen-bond donors (Lipinski definition) is 0. The second-order valence-electron chi connectivity index (χ2n) is 10.7. The zero-order valence-corrected chi connectivity index (χ0v) is 17.7. The van der Waals surface area contributed by atoms with Crippen molar-refractivity contribution in [3.05, 3.63) is 29.3 Å². The highest BCUT2D eigenvalue weighted by atomic mass is 16.5. The molecule has 6 rings (SSSR count). The molecule has 29 heavy (non-hydrogen) atoms. The van der Waals surface area contributed by atoms with Crippen LogP contribution in [0.3, 0.4) is 0 Å². The second kappa shape index (κ2) is 7.11. The molecule has 1 saturated heterocycles. The van der Waals surface area contributed by atoms with Gasteiger partial charge in [0.25, 0.3) is 0 Å². The largest absolute Gasteiger partial charge is 0.493 e. The topological polar surface area (TPSA) is 29.5 Å². The van der Waals surface area contributed by atoms with Crippen LogP contribution in [0.2, 0.25) is 0 Å². The van der Waals surface area contributed by atoms with Crippen LogP contribution >= 0.6 is 0 Å². The van der Waals surface area contributed by atoms with E-state index in [4.69, 9.17) is 4.74 Å². The van der Waals surface area contributed by atoms with Gasteiger partial charge in [-0.05, 0) is 93.0 Å². The van der Waals surface area contributed by atoms with Crippen molar-refractivity contribution < 1.29 is 9.53 Å². The summed E-state index contributed by atoms with van der Waals surface area (Å²) in [6, 6.07) is 6.60.